The van der Waals surface area contributed by atoms with Crippen LogP contribution >= 0.6 is 0 Å². The third-order valence-corrected chi connectivity index (χ3v) is 4.26. The number of likely N-dealkylation sites (tertiary alicyclic amines) is 1. The molecule has 0 bridgehead atoms. The van der Waals surface area contributed by atoms with Gasteiger partial charge in [-0.25, -0.2) is 0 Å². The summed E-state index contributed by atoms with van der Waals surface area (Å²) in [6.07, 6.45) is 5.34. The highest BCUT2D eigenvalue weighted by Crippen LogP contribution is 2.28. The van der Waals surface area contributed by atoms with Crippen LogP contribution in [0.5, 0.6) is 0 Å². The lowest BCUT2D eigenvalue weighted by molar-refractivity contribution is -0.135. The van der Waals surface area contributed by atoms with Crippen LogP contribution in [0, 0.1) is 5.92 Å². The Kier molecular flexibility index (Phi) is 3.73. The zero-order valence-electron chi connectivity index (χ0n) is 10.7. The van der Waals surface area contributed by atoms with Gasteiger partial charge < -0.3 is 15.7 Å². The summed E-state index contributed by atoms with van der Waals surface area (Å²) >= 11 is 0. The maximum atomic E-state index is 12.3. The van der Waals surface area contributed by atoms with Gasteiger partial charge in [0.05, 0.1) is 11.5 Å². The Labute approximate surface area is 103 Å². The second-order valence-corrected chi connectivity index (χ2v) is 5.88. The van der Waals surface area contributed by atoms with E-state index < -0.39 is 5.60 Å². The first-order valence-electron chi connectivity index (χ1n) is 6.76. The third kappa shape index (κ3) is 2.99. The fourth-order valence-electron chi connectivity index (χ4n) is 3.01. The van der Waals surface area contributed by atoms with Gasteiger partial charge in [0, 0.05) is 19.1 Å². The van der Waals surface area contributed by atoms with Gasteiger partial charge in [0.15, 0.2) is 0 Å². The van der Waals surface area contributed by atoms with Crippen molar-refractivity contribution in [1.82, 2.24) is 4.90 Å². The fourth-order valence-corrected chi connectivity index (χ4v) is 3.01. The van der Waals surface area contributed by atoms with Crippen molar-refractivity contribution in [3.63, 3.8) is 0 Å². The molecule has 0 radical (unpaired) electrons. The third-order valence-electron chi connectivity index (χ3n) is 4.26. The molecule has 98 valence electrons. The van der Waals surface area contributed by atoms with Crippen LogP contribution < -0.4 is 5.73 Å². The SMILES string of the molecule is CC1(O)CCCN(C(=O)C2CCCC2N)CC1. The van der Waals surface area contributed by atoms with E-state index in [0.29, 0.717) is 13.0 Å². The molecule has 3 atom stereocenters. The second kappa shape index (κ2) is 4.94. The number of aliphatic hydroxyl groups is 1. The molecular weight excluding hydrogens is 216 g/mol. The zero-order valence-corrected chi connectivity index (χ0v) is 10.7. The molecule has 17 heavy (non-hydrogen) atoms. The van der Waals surface area contributed by atoms with Crippen LogP contribution in [0.1, 0.15) is 45.4 Å². The van der Waals surface area contributed by atoms with Crippen LogP contribution in [0.15, 0.2) is 0 Å². The Hall–Kier alpha value is -0.610. The lowest BCUT2D eigenvalue weighted by Gasteiger charge is -2.26. The Morgan fingerprint density at radius 3 is 2.71 bits per heavy atom. The summed E-state index contributed by atoms with van der Waals surface area (Å²) in [6.45, 7) is 3.32. The van der Waals surface area contributed by atoms with Gasteiger partial charge in [0.1, 0.15) is 0 Å². The zero-order chi connectivity index (χ0) is 12.5. The van der Waals surface area contributed by atoms with Crippen molar-refractivity contribution >= 4 is 5.91 Å². The van der Waals surface area contributed by atoms with Crippen molar-refractivity contribution in [1.29, 1.82) is 0 Å². The van der Waals surface area contributed by atoms with Crippen molar-refractivity contribution in [2.75, 3.05) is 13.1 Å². The normalized spacial score (nSPS) is 39.1. The van der Waals surface area contributed by atoms with Crippen molar-refractivity contribution in [2.24, 2.45) is 11.7 Å². The first-order valence-corrected chi connectivity index (χ1v) is 6.76. The predicted octanol–water partition coefficient (Wildman–Crippen LogP) is 0.877. The van der Waals surface area contributed by atoms with Crippen LogP contribution in [-0.2, 0) is 4.79 Å². The first kappa shape index (κ1) is 12.8. The number of carbonyl (C=O) groups is 1. The van der Waals surface area contributed by atoms with E-state index in [-0.39, 0.29) is 17.9 Å². The molecule has 3 N–H and O–H groups in total. The summed E-state index contributed by atoms with van der Waals surface area (Å²) in [5, 5.41) is 10.0. The van der Waals surface area contributed by atoms with E-state index in [1.807, 2.05) is 11.8 Å². The highest BCUT2D eigenvalue weighted by Gasteiger charge is 2.35. The van der Waals surface area contributed by atoms with Crippen LogP contribution in [0.25, 0.3) is 0 Å². The topological polar surface area (TPSA) is 66.6 Å². The number of amides is 1. The monoisotopic (exact) mass is 240 g/mol. The highest BCUT2D eigenvalue weighted by molar-refractivity contribution is 5.80. The van der Waals surface area contributed by atoms with Gasteiger partial charge in [-0.05, 0) is 39.0 Å². The number of nitrogens with two attached hydrogens (primary N) is 1. The first-order chi connectivity index (χ1) is 7.99. The molecule has 4 heteroatoms. The number of hydrogen-bond acceptors (Lipinski definition) is 3. The molecule has 1 saturated heterocycles. The van der Waals surface area contributed by atoms with Crippen LogP contribution in [0.4, 0.5) is 0 Å². The van der Waals surface area contributed by atoms with E-state index in [2.05, 4.69) is 0 Å². The Morgan fingerprint density at radius 2 is 2.06 bits per heavy atom. The molecule has 2 fully saturated rings. The molecule has 0 spiro atoms. The molecule has 2 aliphatic rings. The minimum absolute atomic E-state index is 0.0260. The smallest absolute Gasteiger partial charge is 0.227 e. The Morgan fingerprint density at radius 1 is 1.29 bits per heavy atom. The molecule has 0 aromatic rings. The standard InChI is InChI=1S/C13H24N2O2/c1-13(17)6-3-8-15(9-7-13)12(16)10-4-2-5-11(10)14/h10-11,17H,2-9,14H2,1H3. The quantitative estimate of drug-likeness (QED) is 0.715. The number of rotatable bonds is 1. The largest absolute Gasteiger partial charge is 0.390 e. The van der Waals surface area contributed by atoms with Gasteiger partial charge in [-0.1, -0.05) is 6.42 Å². The van der Waals surface area contributed by atoms with Gasteiger partial charge in [-0.15, -0.1) is 0 Å². The average molecular weight is 240 g/mol. The van der Waals surface area contributed by atoms with Crippen LogP contribution in [0.3, 0.4) is 0 Å². The van der Waals surface area contributed by atoms with Gasteiger partial charge in [-0.3, -0.25) is 4.79 Å². The molecule has 4 nitrogen and oxygen atoms in total. The minimum atomic E-state index is -0.604. The van der Waals surface area contributed by atoms with Crippen molar-refractivity contribution in [3.05, 3.63) is 0 Å². The minimum Gasteiger partial charge on any atom is -0.390 e. The van der Waals surface area contributed by atoms with Crippen molar-refractivity contribution in [2.45, 2.75) is 57.1 Å². The highest BCUT2D eigenvalue weighted by atomic mass is 16.3. The maximum absolute atomic E-state index is 12.3. The molecule has 0 aromatic carbocycles. The predicted molar refractivity (Wildman–Crippen MR) is 66.4 cm³/mol. The second-order valence-electron chi connectivity index (χ2n) is 5.88. The van der Waals surface area contributed by atoms with E-state index >= 15 is 0 Å². The molecule has 1 aliphatic carbocycles. The molecule has 1 amide bonds. The van der Waals surface area contributed by atoms with Gasteiger partial charge >= 0.3 is 0 Å². The molecular formula is C13H24N2O2. The van der Waals surface area contributed by atoms with Gasteiger partial charge in [-0.2, -0.15) is 0 Å². The lowest BCUT2D eigenvalue weighted by atomic mass is 9.98. The van der Waals surface area contributed by atoms with Crippen molar-refractivity contribution < 1.29 is 9.90 Å². The van der Waals surface area contributed by atoms with Crippen molar-refractivity contribution in [3.8, 4) is 0 Å². The van der Waals surface area contributed by atoms with E-state index in [1.54, 1.807) is 0 Å². The summed E-state index contributed by atoms with van der Waals surface area (Å²) in [5.41, 5.74) is 5.38. The Balaban J connectivity index is 1.95. The van der Waals surface area contributed by atoms with Crippen LogP contribution in [-0.4, -0.2) is 40.6 Å². The van der Waals surface area contributed by atoms with Crippen LogP contribution in [0.2, 0.25) is 0 Å². The summed E-state index contributed by atoms with van der Waals surface area (Å²) < 4.78 is 0. The maximum Gasteiger partial charge on any atom is 0.227 e. The summed E-state index contributed by atoms with van der Waals surface area (Å²) in [4.78, 5) is 14.3. The molecule has 1 heterocycles. The molecule has 1 aliphatic heterocycles. The summed E-state index contributed by atoms with van der Waals surface area (Å²) in [6, 6.07) is 0.0475. The molecule has 0 aromatic heterocycles. The van der Waals surface area contributed by atoms with E-state index in [1.165, 1.54) is 0 Å². The average Bonchev–Trinajstić information content (AvgIpc) is 2.59. The Bertz CT molecular complexity index is 291. The fraction of sp³-hybridized carbons (Fsp3) is 0.923. The van der Waals surface area contributed by atoms with Gasteiger partial charge in [0.2, 0.25) is 5.91 Å². The van der Waals surface area contributed by atoms with Gasteiger partial charge in [0.25, 0.3) is 0 Å². The lowest BCUT2D eigenvalue weighted by Crippen LogP contribution is -2.42. The number of nitrogens with zero attached hydrogens (tertiary/aromatic N) is 1. The number of hydrogen-bond donors (Lipinski definition) is 2. The summed E-state index contributed by atoms with van der Waals surface area (Å²) in [7, 11) is 0. The van der Waals surface area contributed by atoms with E-state index in [0.717, 1.165) is 38.6 Å². The van der Waals surface area contributed by atoms with E-state index in [4.69, 9.17) is 5.73 Å². The molecule has 1 saturated carbocycles. The molecule has 3 unspecified atom stereocenters. The number of carbonyl (C=O) groups excluding carboxylic acids is 1. The summed E-state index contributed by atoms with van der Waals surface area (Å²) in [5.74, 6) is 0.241. The van der Waals surface area contributed by atoms with E-state index in [9.17, 15) is 9.90 Å². The molecule has 2 rings (SSSR count).